The second kappa shape index (κ2) is 9.14. The molecule has 0 spiro atoms. The van der Waals surface area contributed by atoms with Gasteiger partial charge in [0.15, 0.2) is 6.10 Å². The molecule has 2 heterocycles. The van der Waals surface area contributed by atoms with Crippen LogP contribution < -0.4 is 4.72 Å². The Balaban J connectivity index is 1.67. The molecule has 0 radical (unpaired) electrons. The first kappa shape index (κ1) is 21.6. The highest BCUT2D eigenvalue weighted by Gasteiger charge is 2.21. The molecule has 2 unspecified atom stereocenters. The van der Waals surface area contributed by atoms with Gasteiger partial charge in [-0.05, 0) is 56.7 Å². The molecule has 0 aliphatic carbocycles. The van der Waals surface area contributed by atoms with Gasteiger partial charge in [0.1, 0.15) is 0 Å². The van der Waals surface area contributed by atoms with E-state index >= 15 is 0 Å². The summed E-state index contributed by atoms with van der Waals surface area (Å²) in [5.74, 6) is -0.161. The fourth-order valence-corrected chi connectivity index (χ4v) is 3.80. The highest BCUT2D eigenvalue weighted by atomic mass is 32.2. The van der Waals surface area contributed by atoms with Crippen LogP contribution in [-0.4, -0.2) is 35.6 Å². The third-order valence-electron chi connectivity index (χ3n) is 4.36. The molecule has 0 amide bonds. The Hall–Kier alpha value is -3.11. The Morgan fingerprint density at radius 3 is 2.57 bits per heavy atom. The zero-order valence-electron chi connectivity index (χ0n) is 16.8. The fraction of sp³-hybridized carbons (Fsp3) is 0.300. The molecule has 10 heteroatoms. The smallest absolute Gasteiger partial charge is 0.338 e. The summed E-state index contributed by atoms with van der Waals surface area (Å²) in [5, 5.41) is 3.87. The molecule has 1 N–H and O–H groups in total. The molecule has 0 saturated heterocycles. The van der Waals surface area contributed by atoms with E-state index in [0.717, 1.165) is 0 Å². The number of ether oxygens (including phenoxy) is 1. The van der Waals surface area contributed by atoms with Gasteiger partial charge < -0.3 is 9.26 Å². The summed E-state index contributed by atoms with van der Waals surface area (Å²) in [6.45, 7) is 5.27. The number of carbonyl (C=O) groups excluding carboxylic acids is 1. The van der Waals surface area contributed by atoms with Crippen molar-refractivity contribution in [3.63, 3.8) is 0 Å². The van der Waals surface area contributed by atoms with E-state index < -0.39 is 22.1 Å². The average molecular weight is 430 g/mol. The van der Waals surface area contributed by atoms with Crippen molar-refractivity contribution in [2.75, 3.05) is 0 Å². The number of benzene rings is 1. The van der Waals surface area contributed by atoms with E-state index in [4.69, 9.17) is 9.26 Å². The second-order valence-electron chi connectivity index (χ2n) is 6.70. The van der Waals surface area contributed by atoms with E-state index in [-0.39, 0.29) is 22.4 Å². The van der Waals surface area contributed by atoms with Gasteiger partial charge in [-0.15, -0.1) is 0 Å². The van der Waals surface area contributed by atoms with Gasteiger partial charge in [-0.3, -0.25) is 4.98 Å². The van der Waals surface area contributed by atoms with Crippen molar-refractivity contribution in [1.82, 2.24) is 19.8 Å². The van der Waals surface area contributed by atoms with Crippen LogP contribution in [0.3, 0.4) is 0 Å². The van der Waals surface area contributed by atoms with Crippen molar-refractivity contribution in [3.8, 4) is 11.4 Å². The van der Waals surface area contributed by atoms with Crippen molar-refractivity contribution >= 4 is 16.0 Å². The molecule has 0 aliphatic heterocycles. The largest absolute Gasteiger partial charge is 0.449 e. The van der Waals surface area contributed by atoms with Crippen LogP contribution in [0.1, 0.15) is 49.5 Å². The van der Waals surface area contributed by atoms with Crippen molar-refractivity contribution in [3.05, 3.63) is 60.2 Å². The van der Waals surface area contributed by atoms with Gasteiger partial charge in [0.05, 0.1) is 10.5 Å². The van der Waals surface area contributed by atoms with E-state index in [0.29, 0.717) is 17.8 Å². The third-order valence-corrected chi connectivity index (χ3v) is 5.97. The molecule has 30 heavy (non-hydrogen) atoms. The summed E-state index contributed by atoms with van der Waals surface area (Å²) in [6, 6.07) is 8.86. The number of rotatable bonds is 8. The molecular formula is C20H22N4O5S. The van der Waals surface area contributed by atoms with Crippen molar-refractivity contribution in [2.45, 2.75) is 44.2 Å². The van der Waals surface area contributed by atoms with Crippen LogP contribution in [0.25, 0.3) is 11.4 Å². The minimum absolute atomic E-state index is 0.0745. The minimum atomic E-state index is -3.64. The zero-order chi connectivity index (χ0) is 21.7. The van der Waals surface area contributed by atoms with Gasteiger partial charge in [-0.25, -0.2) is 17.9 Å². The summed E-state index contributed by atoms with van der Waals surface area (Å²) in [4.78, 5) is 20.7. The summed E-state index contributed by atoms with van der Waals surface area (Å²) < 4.78 is 37.7. The van der Waals surface area contributed by atoms with Crippen LogP contribution in [0, 0.1) is 0 Å². The van der Waals surface area contributed by atoms with Crippen LogP contribution in [0.15, 0.2) is 58.2 Å². The number of pyridine rings is 1. The molecular weight excluding hydrogens is 408 g/mol. The predicted molar refractivity (Wildman–Crippen MR) is 108 cm³/mol. The standard InChI is InChI=1S/C20H22N4O5S/c1-4-13(2)24-30(26,27)17-9-7-15(8-10-17)20(25)28-14(3)19-22-18(23-29-19)16-6-5-11-21-12-16/h5-14,24H,4H2,1-3H3. The maximum Gasteiger partial charge on any atom is 0.338 e. The maximum absolute atomic E-state index is 12.4. The fourth-order valence-electron chi connectivity index (χ4n) is 2.48. The molecule has 2 aromatic heterocycles. The van der Waals surface area contributed by atoms with E-state index in [1.165, 1.54) is 24.3 Å². The Bertz CT molecular complexity index is 1100. The number of hydrogen-bond donors (Lipinski definition) is 1. The van der Waals surface area contributed by atoms with E-state index in [2.05, 4.69) is 19.8 Å². The monoisotopic (exact) mass is 430 g/mol. The van der Waals surface area contributed by atoms with E-state index in [1.54, 1.807) is 38.4 Å². The minimum Gasteiger partial charge on any atom is -0.449 e. The summed E-state index contributed by atoms with van der Waals surface area (Å²) in [6.07, 6.45) is 3.11. The number of hydrogen-bond acceptors (Lipinski definition) is 8. The lowest BCUT2D eigenvalue weighted by molar-refractivity contribution is 0.0265. The first-order valence-corrected chi connectivity index (χ1v) is 10.9. The molecule has 158 valence electrons. The van der Waals surface area contributed by atoms with Gasteiger partial charge in [0.2, 0.25) is 15.8 Å². The second-order valence-corrected chi connectivity index (χ2v) is 8.41. The summed E-state index contributed by atoms with van der Waals surface area (Å²) in [5.41, 5.74) is 0.880. The Kier molecular flexibility index (Phi) is 6.58. The summed E-state index contributed by atoms with van der Waals surface area (Å²) in [7, 11) is -3.64. The van der Waals surface area contributed by atoms with Crippen LogP contribution in [0.2, 0.25) is 0 Å². The molecule has 0 saturated carbocycles. The van der Waals surface area contributed by atoms with E-state index in [9.17, 15) is 13.2 Å². The molecule has 2 atom stereocenters. The Morgan fingerprint density at radius 1 is 1.20 bits per heavy atom. The van der Waals surface area contributed by atoms with Gasteiger partial charge in [0.25, 0.3) is 5.89 Å². The quantitative estimate of drug-likeness (QED) is 0.541. The van der Waals surface area contributed by atoms with Crippen LogP contribution in [-0.2, 0) is 14.8 Å². The van der Waals surface area contributed by atoms with Crippen molar-refractivity contribution in [1.29, 1.82) is 0 Å². The number of carbonyl (C=O) groups is 1. The molecule has 0 fully saturated rings. The number of aromatic nitrogens is 3. The first-order chi connectivity index (χ1) is 14.3. The summed E-state index contributed by atoms with van der Waals surface area (Å²) >= 11 is 0. The molecule has 9 nitrogen and oxygen atoms in total. The van der Waals surface area contributed by atoms with Crippen LogP contribution >= 0.6 is 0 Å². The van der Waals surface area contributed by atoms with Gasteiger partial charge in [0, 0.05) is 24.0 Å². The number of sulfonamides is 1. The van der Waals surface area contributed by atoms with E-state index in [1.807, 2.05) is 6.92 Å². The molecule has 3 aromatic rings. The lowest BCUT2D eigenvalue weighted by Crippen LogP contribution is -2.32. The highest BCUT2D eigenvalue weighted by molar-refractivity contribution is 7.89. The third kappa shape index (κ3) is 5.08. The normalized spacial score (nSPS) is 13.6. The first-order valence-electron chi connectivity index (χ1n) is 9.37. The molecule has 0 bridgehead atoms. The topological polar surface area (TPSA) is 124 Å². The van der Waals surface area contributed by atoms with Gasteiger partial charge in [-0.2, -0.15) is 4.98 Å². The SMILES string of the molecule is CCC(C)NS(=O)(=O)c1ccc(C(=O)OC(C)c2nc(-c3cccnc3)no2)cc1. The van der Waals surface area contributed by atoms with Crippen molar-refractivity contribution < 1.29 is 22.5 Å². The van der Waals surface area contributed by atoms with Gasteiger partial charge in [-0.1, -0.05) is 12.1 Å². The highest BCUT2D eigenvalue weighted by Crippen LogP contribution is 2.21. The predicted octanol–water partition coefficient (Wildman–Crippen LogP) is 3.13. The average Bonchev–Trinajstić information content (AvgIpc) is 3.24. The van der Waals surface area contributed by atoms with Crippen molar-refractivity contribution in [2.24, 2.45) is 0 Å². The molecule has 1 aromatic carbocycles. The number of nitrogens with zero attached hydrogens (tertiary/aromatic N) is 3. The Morgan fingerprint density at radius 2 is 1.93 bits per heavy atom. The number of nitrogens with one attached hydrogen (secondary N) is 1. The maximum atomic E-state index is 12.4. The van der Waals surface area contributed by atoms with Crippen LogP contribution in [0.5, 0.6) is 0 Å². The van der Waals surface area contributed by atoms with Crippen LogP contribution in [0.4, 0.5) is 0 Å². The number of esters is 1. The Labute approximate surface area is 174 Å². The molecule has 0 aliphatic rings. The lowest BCUT2D eigenvalue weighted by atomic mass is 10.2. The lowest BCUT2D eigenvalue weighted by Gasteiger charge is -2.13. The molecule has 3 rings (SSSR count). The zero-order valence-corrected chi connectivity index (χ0v) is 17.6. The van der Waals surface area contributed by atoms with Gasteiger partial charge >= 0.3 is 5.97 Å².